The van der Waals surface area contributed by atoms with Crippen molar-refractivity contribution in [3.8, 4) is 0 Å². The average molecular weight is 88.1 g/mol. The summed E-state index contributed by atoms with van der Waals surface area (Å²) in [4.78, 5) is 0. The van der Waals surface area contributed by atoms with E-state index in [4.69, 9.17) is 16.2 Å². The molecule has 0 amide bonds. The molecule has 0 aromatic rings. The van der Waals surface area contributed by atoms with Crippen molar-refractivity contribution in [1.82, 2.24) is 0 Å². The van der Waals surface area contributed by atoms with Crippen LogP contribution in [0.5, 0.6) is 0 Å². The Morgan fingerprint density at radius 2 is 2.50 bits per heavy atom. The first-order valence-electron chi connectivity index (χ1n) is 1.70. The van der Waals surface area contributed by atoms with E-state index in [1.54, 1.807) is 0 Å². The molecule has 0 aliphatic carbocycles. The van der Waals surface area contributed by atoms with Crippen molar-refractivity contribution in [3.63, 3.8) is 0 Å². The lowest BCUT2D eigenvalue weighted by molar-refractivity contribution is 0.191. The molecule has 0 heterocycles. The van der Waals surface area contributed by atoms with Gasteiger partial charge >= 0.3 is 0 Å². The molecule has 0 aromatic heterocycles. The molecule has 0 aliphatic heterocycles. The van der Waals surface area contributed by atoms with E-state index in [1.807, 2.05) is 0 Å². The van der Waals surface area contributed by atoms with Crippen LogP contribution in [0.3, 0.4) is 0 Å². The summed E-state index contributed by atoms with van der Waals surface area (Å²) in [7, 11) is 0. The minimum Gasteiger partial charge on any atom is -0.378 e. The molecule has 0 bridgehead atoms. The molecule has 0 spiro atoms. The molecule has 0 aliphatic rings. The summed E-state index contributed by atoms with van der Waals surface area (Å²) in [6, 6.07) is 0. The molecule has 6 heavy (non-hydrogen) atoms. The Morgan fingerprint density at radius 3 is 2.50 bits per heavy atom. The Bertz CT molecular complexity index is 44.1. The predicted octanol–water partition coefficient (Wildman–Crippen LogP) is -0.697. The van der Waals surface area contributed by atoms with E-state index in [0.29, 0.717) is 0 Å². The van der Waals surface area contributed by atoms with E-state index in [2.05, 4.69) is 0 Å². The Kier molecular flexibility index (Phi) is 2.62. The summed E-state index contributed by atoms with van der Waals surface area (Å²) in [5.41, 5.74) is 4.81. The van der Waals surface area contributed by atoms with Gasteiger partial charge in [0.1, 0.15) is 6.23 Å². The predicted molar refractivity (Wildman–Crippen MR) is 23.6 cm³/mol. The molecule has 3 heteroatoms. The summed E-state index contributed by atoms with van der Waals surface area (Å²) in [5.74, 6) is 0. The first-order valence-corrected chi connectivity index (χ1v) is 1.70. The van der Waals surface area contributed by atoms with Gasteiger partial charge in [-0.2, -0.15) is 0 Å². The minimum absolute atomic E-state index is 0.250. The van der Waals surface area contributed by atoms with Gasteiger partial charge in [-0.15, -0.1) is 0 Å². The highest BCUT2D eigenvalue weighted by Crippen LogP contribution is 1.71. The van der Waals surface area contributed by atoms with Crippen LogP contribution in [-0.4, -0.2) is 17.5 Å². The summed E-state index contributed by atoms with van der Waals surface area (Å²) in [5, 5.41) is 14.5. The number of nitrogens with one attached hydrogen (secondary N) is 1. The summed E-state index contributed by atoms with van der Waals surface area (Å²) < 4.78 is 0. The van der Waals surface area contributed by atoms with E-state index in [9.17, 15) is 0 Å². The lowest BCUT2D eigenvalue weighted by Crippen LogP contribution is -2.18. The number of rotatable bonds is 2. The minimum atomic E-state index is -0.845. The van der Waals surface area contributed by atoms with Gasteiger partial charge < -0.3 is 16.2 Å². The third kappa shape index (κ3) is 3.59. The molecule has 0 saturated heterocycles. The fourth-order valence-corrected chi connectivity index (χ4v) is 0.121. The van der Waals surface area contributed by atoms with Gasteiger partial charge in [-0.1, -0.05) is 0 Å². The van der Waals surface area contributed by atoms with Crippen molar-refractivity contribution < 1.29 is 5.11 Å². The van der Waals surface area contributed by atoms with E-state index >= 15 is 0 Å². The van der Waals surface area contributed by atoms with Crippen molar-refractivity contribution in [3.05, 3.63) is 0 Å². The quantitative estimate of drug-likeness (QED) is 0.308. The largest absolute Gasteiger partial charge is 0.378 e. The van der Waals surface area contributed by atoms with Crippen LogP contribution < -0.4 is 5.73 Å². The number of aliphatic hydroxyl groups excluding tert-OH is 1. The van der Waals surface area contributed by atoms with Crippen LogP contribution in [-0.2, 0) is 0 Å². The van der Waals surface area contributed by atoms with E-state index in [0.717, 1.165) is 6.21 Å². The maximum absolute atomic E-state index is 8.18. The maximum Gasteiger partial charge on any atom is 0.107 e. The van der Waals surface area contributed by atoms with Crippen LogP contribution in [0.15, 0.2) is 0 Å². The Labute approximate surface area is 36.3 Å². The summed E-state index contributed by atoms with van der Waals surface area (Å²) >= 11 is 0. The van der Waals surface area contributed by atoms with Crippen molar-refractivity contribution in [2.75, 3.05) is 0 Å². The van der Waals surface area contributed by atoms with Crippen molar-refractivity contribution in [1.29, 1.82) is 5.41 Å². The Hall–Kier alpha value is -0.410. The monoisotopic (exact) mass is 88.1 g/mol. The summed E-state index contributed by atoms with van der Waals surface area (Å²) in [6.07, 6.45) is 0.479. The molecule has 1 unspecified atom stereocenters. The van der Waals surface area contributed by atoms with Crippen molar-refractivity contribution in [2.45, 2.75) is 12.6 Å². The van der Waals surface area contributed by atoms with Crippen LogP contribution in [0.1, 0.15) is 6.42 Å². The number of nitrogens with two attached hydrogens (primary N) is 1. The van der Waals surface area contributed by atoms with Crippen LogP contribution in [0.4, 0.5) is 0 Å². The van der Waals surface area contributed by atoms with Gasteiger partial charge in [-0.3, -0.25) is 0 Å². The van der Waals surface area contributed by atoms with Gasteiger partial charge in [0.15, 0.2) is 0 Å². The lowest BCUT2D eigenvalue weighted by atomic mass is 10.4. The second kappa shape index (κ2) is 2.81. The highest BCUT2D eigenvalue weighted by atomic mass is 16.3. The molecule has 0 radical (unpaired) electrons. The lowest BCUT2D eigenvalue weighted by Gasteiger charge is -1.92. The molecule has 0 aromatic carbocycles. The fraction of sp³-hybridized carbons (Fsp3) is 0.667. The van der Waals surface area contributed by atoms with Gasteiger partial charge in [-0.05, 0) is 6.21 Å². The summed E-state index contributed by atoms with van der Waals surface area (Å²) in [6.45, 7) is 0. The third-order valence-electron chi connectivity index (χ3n) is 0.359. The van der Waals surface area contributed by atoms with E-state index in [-0.39, 0.29) is 6.42 Å². The standard InChI is InChI=1S/C3H8N2O/c4-2-1-3(5)6/h2-4,6H,1,5H2. The second-order valence-electron chi connectivity index (χ2n) is 1.01. The normalized spacial score (nSPS) is 13.7. The van der Waals surface area contributed by atoms with Crippen molar-refractivity contribution in [2.24, 2.45) is 5.73 Å². The molecule has 1 atom stereocenters. The average Bonchev–Trinajstić information content (AvgIpc) is 1.35. The topological polar surface area (TPSA) is 70.1 Å². The smallest absolute Gasteiger partial charge is 0.107 e. The first kappa shape index (κ1) is 5.59. The Balaban J connectivity index is 2.81. The number of aliphatic hydroxyl groups is 1. The van der Waals surface area contributed by atoms with Crippen LogP contribution in [0, 0.1) is 5.41 Å². The molecule has 36 valence electrons. The van der Waals surface area contributed by atoms with Crippen LogP contribution >= 0.6 is 0 Å². The first-order chi connectivity index (χ1) is 2.77. The molecule has 0 saturated carbocycles. The molecule has 3 nitrogen and oxygen atoms in total. The fourth-order valence-electron chi connectivity index (χ4n) is 0.121. The van der Waals surface area contributed by atoms with Gasteiger partial charge in [0.05, 0.1) is 0 Å². The van der Waals surface area contributed by atoms with Crippen LogP contribution in [0.25, 0.3) is 0 Å². The Morgan fingerprint density at radius 1 is 2.00 bits per heavy atom. The van der Waals surface area contributed by atoms with E-state index in [1.165, 1.54) is 0 Å². The van der Waals surface area contributed by atoms with Crippen molar-refractivity contribution >= 4 is 6.21 Å². The molecule has 0 fully saturated rings. The molecular formula is C3H8N2O. The molecule has 0 rings (SSSR count). The van der Waals surface area contributed by atoms with Gasteiger partial charge in [0.2, 0.25) is 0 Å². The second-order valence-corrected chi connectivity index (χ2v) is 1.01. The highest BCUT2D eigenvalue weighted by Gasteiger charge is 1.85. The zero-order valence-corrected chi connectivity index (χ0v) is 3.39. The number of hydrogen-bond donors (Lipinski definition) is 3. The van der Waals surface area contributed by atoms with Gasteiger partial charge in [-0.25, -0.2) is 0 Å². The third-order valence-corrected chi connectivity index (χ3v) is 0.359. The van der Waals surface area contributed by atoms with Gasteiger partial charge in [0.25, 0.3) is 0 Å². The zero-order valence-electron chi connectivity index (χ0n) is 3.39. The van der Waals surface area contributed by atoms with Crippen LogP contribution in [0.2, 0.25) is 0 Å². The maximum atomic E-state index is 8.18. The SMILES string of the molecule is N=CCC(N)O. The highest BCUT2D eigenvalue weighted by molar-refractivity contribution is 5.53. The van der Waals surface area contributed by atoms with Gasteiger partial charge in [0, 0.05) is 6.42 Å². The zero-order chi connectivity index (χ0) is 4.99. The molecular weight excluding hydrogens is 80.0 g/mol. The number of hydrogen-bond acceptors (Lipinski definition) is 3. The molecule has 4 N–H and O–H groups in total. The van der Waals surface area contributed by atoms with E-state index < -0.39 is 6.23 Å².